The number of nitrogens with zero attached hydrogens (tertiary/aromatic N) is 5. The Kier molecular flexibility index (Phi) is 5.67. The highest BCUT2D eigenvalue weighted by atomic mass is 32.2. The first kappa shape index (κ1) is 20.5. The molecule has 2 aliphatic heterocycles. The van der Waals surface area contributed by atoms with Crippen LogP contribution in [0.15, 0.2) is 58.4 Å². The number of amides is 1. The Morgan fingerprint density at radius 2 is 1.55 bits per heavy atom. The Balaban J connectivity index is 1.39. The number of carbonyl (C=O) groups excluding carboxylic acids is 1. The van der Waals surface area contributed by atoms with E-state index in [2.05, 4.69) is 9.89 Å². The molecule has 2 aromatic carbocycles. The predicted octanol–water partition coefficient (Wildman–Crippen LogP) is 3.30. The second-order valence-electron chi connectivity index (χ2n) is 6.91. The van der Waals surface area contributed by atoms with Crippen molar-refractivity contribution >= 4 is 46.0 Å². The fourth-order valence-electron chi connectivity index (χ4n) is 3.35. The van der Waals surface area contributed by atoms with Gasteiger partial charge in [-0.1, -0.05) is 12.1 Å². The average molecular weight is 439 g/mol. The van der Waals surface area contributed by atoms with Gasteiger partial charge in [-0.2, -0.15) is 4.99 Å². The quantitative estimate of drug-likeness (QED) is 0.404. The Labute approximate surface area is 181 Å². The van der Waals surface area contributed by atoms with Gasteiger partial charge >= 0.3 is 0 Å². The highest BCUT2D eigenvalue weighted by Gasteiger charge is 2.28. The highest BCUT2D eigenvalue weighted by molar-refractivity contribution is 8.18. The number of hydrogen-bond donors (Lipinski definition) is 0. The van der Waals surface area contributed by atoms with Crippen LogP contribution in [-0.4, -0.2) is 52.0 Å². The average Bonchev–Trinajstić information content (AvgIpc) is 3.14. The van der Waals surface area contributed by atoms with Crippen LogP contribution in [0.2, 0.25) is 0 Å². The number of aliphatic imine (C=N–C) groups is 1. The van der Waals surface area contributed by atoms with E-state index < -0.39 is 9.85 Å². The van der Waals surface area contributed by atoms with Crippen LogP contribution in [0.3, 0.4) is 0 Å². The Morgan fingerprint density at radius 1 is 0.903 bits per heavy atom. The number of carbonyl (C=O) groups is 1. The van der Waals surface area contributed by atoms with Crippen LogP contribution in [0.25, 0.3) is 6.08 Å². The molecule has 0 spiro atoms. The third-order valence-corrected chi connectivity index (χ3v) is 6.01. The van der Waals surface area contributed by atoms with Crippen LogP contribution in [0.1, 0.15) is 5.56 Å². The maximum absolute atomic E-state index is 12.3. The Hall–Kier alpha value is -3.73. The third-order valence-electron chi connectivity index (χ3n) is 4.96. The maximum atomic E-state index is 12.3. The molecule has 0 unspecified atom stereocenters. The zero-order valence-corrected chi connectivity index (χ0v) is 17.0. The summed E-state index contributed by atoms with van der Waals surface area (Å²) >= 11 is 1.26. The predicted molar refractivity (Wildman–Crippen MR) is 118 cm³/mol. The number of nitro groups is 2. The van der Waals surface area contributed by atoms with Gasteiger partial charge in [0.1, 0.15) is 0 Å². The molecular formula is C20H17N5O5S. The molecule has 2 aromatic rings. The summed E-state index contributed by atoms with van der Waals surface area (Å²) in [7, 11) is 0. The SMILES string of the molecule is O=C1N=C(N2CCN(c3ccc([N+](=O)[O-])cc3)CC2)SC1=Cc1cccc([N+](=O)[O-])c1. The van der Waals surface area contributed by atoms with E-state index in [0.717, 1.165) is 5.69 Å². The van der Waals surface area contributed by atoms with Crippen LogP contribution in [0, 0.1) is 20.2 Å². The molecule has 158 valence electrons. The lowest BCUT2D eigenvalue weighted by Gasteiger charge is -2.36. The van der Waals surface area contributed by atoms with Crippen molar-refractivity contribution in [1.29, 1.82) is 0 Å². The molecule has 0 bridgehead atoms. The van der Waals surface area contributed by atoms with Gasteiger partial charge in [-0.05, 0) is 35.5 Å². The lowest BCUT2D eigenvalue weighted by atomic mass is 10.2. The maximum Gasteiger partial charge on any atom is 0.286 e. The highest BCUT2D eigenvalue weighted by Crippen LogP contribution is 2.31. The summed E-state index contributed by atoms with van der Waals surface area (Å²) in [5.41, 5.74) is 1.51. The van der Waals surface area contributed by atoms with Gasteiger partial charge in [0.2, 0.25) is 0 Å². The molecule has 1 amide bonds. The van der Waals surface area contributed by atoms with E-state index in [-0.39, 0.29) is 17.3 Å². The Morgan fingerprint density at radius 3 is 2.19 bits per heavy atom. The third kappa shape index (κ3) is 4.56. The molecule has 2 aliphatic rings. The number of nitro benzene ring substituents is 2. The number of anilines is 1. The Bertz CT molecular complexity index is 1110. The fraction of sp³-hybridized carbons (Fsp3) is 0.200. The van der Waals surface area contributed by atoms with E-state index in [1.807, 2.05) is 4.90 Å². The van der Waals surface area contributed by atoms with Crippen LogP contribution >= 0.6 is 11.8 Å². The minimum atomic E-state index is -0.474. The summed E-state index contributed by atoms with van der Waals surface area (Å²) in [6.07, 6.45) is 1.61. The topological polar surface area (TPSA) is 122 Å². The fourth-order valence-corrected chi connectivity index (χ4v) is 4.32. The van der Waals surface area contributed by atoms with Crippen LogP contribution in [0.4, 0.5) is 17.1 Å². The monoisotopic (exact) mass is 439 g/mol. The lowest BCUT2D eigenvalue weighted by molar-refractivity contribution is -0.385. The molecule has 11 heteroatoms. The number of benzene rings is 2. The van der Waals surface area contributed by atoms with Crippen molar-refractivity contribution in [2.75, 3.05) is 31.1 Å². The lowest BCUT2D eigenvalue weighted by Crippen LogP contribution is -2.47. The number of thioether (sulfide) groups is 1. The van der Waals surface area contributed by atoms with Crippen molar-refractivity contribution < 1.29 is 14.6 Å². The summed E-state index contributed by atoms with van der Waals surface area (Å²) in [6, 6.07) is 12.5. The normalized spacial score (nSPS) is 17.7. The van der Waals surface area contributed by atoms with Gasteiger partial charge in [0.25, 0.3) is 17.3 Å². The minimum Gasteiger partial charge on any atom is -0.368 e. The number of amidine groups is 1. The minimum absolute atomic E-state index is 0.0340. The molecule has 0 N–H and O–H groups in total. The number of piperazine rings is 1. The van der Waals surface area contributed by atoms with Crippen molar-refractivity contribution in [3.05, 3.63) is 79.2 Å². The molecule has 2 heterocycles. The second-order valence-corrected chi connectivity index (χ2v) is 7.92. The number of hydrogen-bond acceptors (Lipinski definition) is 8. The molecule has 0 radical (unpaired) electrons. The van der Waals surface area contributed by atoms with Crippen molar-refractivity contribution in [2.45, 2.75) is 0 Å². The van der Waals surface area contributed by atoms with E-state index in [1.165, 1.54) is 36.0 Å². The summed E-state index contributed by atoms with van der Waals surface area (Å²) < 4.78 is 0. The van der Waals surface area contributed by atoms with E-state index >= 15 is 0 Å². The van der Waals surface area contributed by atoms with Crippen molar-refractivity contribution in [3.63, 3.8) is 0 Å². The molecule has 31 heavy (non-hydrogen) atoms. The smallest absolute Gasteiger partial charge is 0.286 e. The van der Waals surface area contributed by atoms with E-state index in [0.29, 0.717) is 41.8 Å². The number of rotatable bonds is 4. The first-order valence-corrected chi connectivity index (χ1v) is 10.2. The molecule has 0 atom stereocenters. The summed E-state index contributed by atoms with van der Waals surface area (Å²) in [5.74, 6) is -0.357. The molecule has 10 nitrogen and oxygen atoms in total. The van der Waals surface area contributed by atoms with Gasteiger partial charge in [0, 0.05) is 56.1 Å². The van der Waals surface area contributed by atoms with Gasteiger partial charge in [-0.3, -0.25) is 25.0 Å². The summed E-state index contributed by atoms with van der Waals surface area (Å²) in [6.45, 7) is 2.69. The summed E-state index contributed by atoms with van der Waals surface area (Å²) in [5, 5.41) is 22.4. The van der Waals surface area contributed by atoms with Crippen molar-refractivity contribution in [2.24, 2.45) is 4.99 Å². The molecule has 1 fully saturated rings. The van der Waals surface area contributed by atoms with Gasteiger partial charge in [0.15, 0.2) is 5.17 Å². The van der Waals surface area contributed by atoms with Gasteiger partial charge in [-0.15, -0.1) is 0 Å². The molecule has 4 rings (SSSR count). The van der Waals surface area contributed by atoms with Crippen LogP contribution < -0.4 is 4.90 Å². The summed E-state index contributed by atoms with van der Waals surface area (Å²) in [4.78, 5) is 41.9. The van der Waals surface area contributed by atoms with Gasteiger partial charge in [0.05, 0.1) is 14.8 Å². The molecular weight excluding hydrogens is 422 g/mol. The van der Waals surface area contributed by atoms with E-state index in [1.54, 1.807) is 30.3 Å². The zero-order chi connectivity index (χ0) is 22.0. The van der Waals surface area contributed by atoms with Crippen LogP contribution in [0.5, 0.6) is 0 Å². The first-order valence-electron chi connectivity index (χ1n) is 9.42. The molecule has 1 saturated heterocycles. The molecule has 0 aromatic heterocycles. The molecule has 0 saturated carbocycles. The standard InChI is InChI=1S/C20H17N5O5S/c26-19-18(13-14-2-1-3-17(12-14)25(29)30)31-20(21-19)23-10-8-22(9-11-23)15-4-6-16(7-5-15)24(27)28/h1-7,12-13H,8-11H2. The van der Waals surface area contributed by atoms with Gasteiger partial charge in [-0.25, -0.2) is 0 Å². The van der Waals surface area contributed by atoms with E-state index in [9.17, 15) is 25.0 Å². The number of non-ortho nitro benzene ring substituents is 2. The molecule has 0 aliphatic carbocycles. The zero-order valence-electron chi connectivity index (χ0n) is 16.2. The van der Waals surface area contributed by atoms with Crippen molar-refractivity contribution in [3.8, 4) is 0 Å². The van der Waals surface area contributed by atoms with Gasteiger partial charge < -0.3 is 9.80 Å². The largest absolute Gasteiger partial charge is 0.368 e. The second kappa shape index (κ2) is 8.56. The first-order chi connectivity index (χ1) is 14.9. The van der Waals surface area contributed by atoms with Crippen LogP contribution in [-0.2, 0) is 4.79 Å². The van der Waals surface area contributed by atoms with E-state index in [4.69, 9.17) is 0 Å². The van der Waals surface area contributed by atoms with Crippen molar-refractivity contribution in [1.82, 2.24) is 4.90 Å².